The Bertz CT molecular complexity index is 536. The maximum atomic E-state index is 4.04. The summed E-state index contributed by atoms with van der Waals surface area (Å²) in [6, 6.07) is 4.05. The maximum Gasteiger partial charge on any atom is 0.0744 e. The second-order valence-corrected chi connectivity index (χ2v) is 3.11. The highest BCUT2D eigenvalue weighted by atomic mass is 15.3. The highest BCUT2D eigenvalue weighted by molar-refractivity contribution is 5.98. The van der Waals surface area contributed by atoms with Gasteiger partial charge in [-0.25, -0.2) is 0 Å². The Kier molecular flexibility index (Phi) is 1.41. The number of hydrogen-bond donors (Lipinski definition) is 2. The molecule has 0 aliphatic carbocycles. The molecular formula is C10H8N4. The molecule has 0 atom stereocenters. The third-order valence-electron chi connectivity index (χ3n) is 2.27. The zero-order valence-electron chi connectivity index (χ0n) is 7.36. The van der Waals surface area contributed by atoms with Crippen LogP contribution in [-0.4, -0.2) is 16.4 Å². The Morgan fingerprint density at radius 2 is 2.21 bits per heavy atom. The van der Waals surface area contributed by atoms with Crippen LogP contribution in [0.1, 0.15) is 5.56 Å². The van der Waals surface area contributed by atoms with Gasteiger partial charge in [-0.1, -0.05) is 12.1 Å². The van der Waals surface area contributed by atoms with Crippen LogP contribution < -0.4 is 5.43 Å². The average Bonchev–Trinajstić information content (AvgIpc) is 2.55. The largest absolute Gasteiger partial charge is 0.278 e. The molecule has 4 nitrogen and oxygen atoms in total. The van der Waals surface area contributed by atoms with Gasteiger partial charge in [0, 0.05) is 17.2 Å². The second-order valence-electron chi connectivity index (χ2n) is 3.11. The number of benzene rings is 1. The van der Waals surface area contributed by atoms with Crippen molar-refractivity contribution in [2.75, 3.05) is 5.43 Å². The van der Waals surface area contributed by atoms with Crippen molar-refractivity contribution in [3.8, 4) is 0 Å². The summed E-state index contributed by atoms with van der Waals surface area (Å²) < 4.78 is 0. The third kappa shape index (κ3) is 0.939. The molecule has 14 heavy (non-hydrogen) atoms. The molecule has 3 rings (SSSR count). The summed E-state index contributed by atoms with van der Waals surface area (Å²) in [6.45, 7) is 0. The van der Waals surface area contributed by atoms with E-state index in [1.807, 2.05) is 24.3 Å². The highest BCUT2D eigenvalue weighted by Gasteiger charge is 2.07. The van der Waals surface area contributed by atoms with Gasteiger partial charge in [0.25, 0.3) is 0 Å². The lowest BCUT2D eigenvalue weighted by atomic mass is 10.1. The number of H-pyrrole nitrogens is 1. The molecule has 0 saturated heterocycles. The first-order valence-electron chi connectivity index (χ1n) is 4.37. The van der Waals surface area contributed by atoms with Crippen LogP contribution in [0, 0.1) is 0 Å². The molecular weight excluding hydrogens is 176 g/mol. The van der Waals surface area contributed by atoms with E-state index in [2.05, 4.69) is 20.7 Å². The molecule has 0 radical (unpaired) electrons. The maximum absolute atomic E-state index is 4.04. The molecule has 2 heterocycles. The zero-order chi connectivity index (χ0) is 9.38. The van der Waals surface area contributed by atoms with E-state index in [1.54, 1.807) is 12.4 Å². The van der Waals surface area contributed by atoms with E-state index in [-0.39, 0.29) is 0 Å². The molecule has 68 valence electrons. The summed E-state index contributed by atoms with van der Waals surface area (Å²) in [5.74, 6) is 0. The SMILES string of the molecule is C1=Cc2ccc3[nH]ncc3c2NN=C1. The van der Waals surface area contributed by atoms with E-state index in [0.717, 1.165) is 22.2 Å². The van der Waals surface area contributed by atoms with Crippen molar-refractivity contribution < 1.29 is 0 Å². The van der Waals surface area contributed by atoms with Crippen molar-refractivity contribution in [3.05, 3.63) is 30.0 Å². The van der Waals surface area contributed by atoms with Crippen LogP contribution in [0.3, 0.4) is 0 Å². The summed E-state index contributed by atoms with van der Waals surface area (Å²) in [4.78, 5) is 0. The Labute approximate surface area is 80.3 Å². The lowest BCUT2D eigenvalue weighted by molar-refractivity contribution is 1.12. The minimum absolute atomic E-state index is 1.00. The quantitative estimate of drug-likeness (QED) is 0.657. The fourth-order valence-corrected chi connectivity index (χ4v) is 1.59. The molecule has 0 saturated carbocycles. The number of hydrazone groups is 1. The Balaban J connectivity index is 2.38. The molecule has 1 aliphatic rings. The van der Waals surface area contributed by atoms with Gasteiger partial charge in [0.2, 0.25) is 0 Å². The van der Waals surface area contributed by atoms with E-state index in [0.29, 0.717) is 0 Å². The molecule has 1 aromatic carbocycles. The zero-order valence-corrected chi connectivity index (χ0v) is 7.36. The monoisotopic (exact) mass is 184 g/mol. The topological polar surface area (TPSA) is 53.1 Å². The van der Waals surface area contributed by atoms with Crippen molar-refractivity contribution >= 4 is 28.9 Å². The van der Waals surface area contributed by atoms with E-state index in [9.17, 15) is 0 Å². The van der Waals surface area contributed by atoms with E-state index in [1.165, 1.54) is 0 Å². The van der Waals surface area contributed by atoms with Crippen molar-refractivity contribution in [1.82, 2.24) is 10.2 Å². The van der Waals surface area contributed by atoms with Gasteiger partial charge in [-0.2, -0.15) is 10.2 Å². The first-order valence-corrected chi connectivity index (χ1v) is 4.37. The molecule has 0 fully saturated rings. The summed E-state index contributed by atoms with van der Waals surface area (Å²) in [7, 11) is 0. The van der Waals surface area contributed by atoms with E-state index >= 15 is 0 Å². The fraction of sp³-hybridized carbons (Fsp3) is 0. The Hall–Kier alpha value is -2.10. The highest BCUT2D eigenvalue weighted by Crippen LogP contribution is 2.27. The molecule has 0 unspecified atom stereocenters. The van der Waals surface area contributed by atoms with Crippen LogP contribution in [-0.2, 0) is 0 Å². The van der Waals surface area contributed by atoms with E-state index in [4.69, 9.17) is 0 Å². The van der Waals surface area contributed by atoms with Gasteiger partial charge in [0.15, 0.2) is 0 Å². The molecule has 4 heteroatoms. The first-order chi connectivity index (χ1) is 6.95. The third-order valence-corrected chi connectivity index (χ3v) is 2.27. The van der Waals surface area contributed by atoms with Gasteiger partial charge in [-0.3, -0.25) is 10.5 Å². The lowest BCUT2D eigenvalue weighted by Crippen LogP contribution is -1.90. The van der Waals surface area contributed by atoms with Gasteiger partial charge in [0.1, 0.15) is 0 Å². The van der Waals surface area contributed by atoms with Crippen LogP contribution in [0.2, 0.25) is 0 Å². The minimum atomic E-state index is 1.00. The number of nitrogens with zero attached hydrogens (tertiary/aromatic N) is 2. The number of aromatic amines is 1. The van der Waals surface area contributed by atoms with E-state index < -0.39 is 0 Å². The van der Waals surface area contributed by atoms with Crippen molar-refractivity contribution in [2.45, 2.75) is 0 Å². The number of allylic oxidation sites excluding steroid dienone is 1. The minimum Gasteiger partial charge on any atom is -0.278 e. The summed E-state index contributed by atoms with van der Waals surface area (Å²) in [6.07, 6.45) is 7.46. The normalized spacial score (nSPS) is 13.7. The smallest absolute Gasteiger partial charge is 0.0744 e. The van der Waals surface area contributed by atoms with Crippen LogP contribution in [0.5, 0.6) is 0 Å². The second kappa shape index (κ2) is 2.70. The number of rotatable bonds is 0. The van der Waals surface area contributed by atoms with Gasteiger partial charge in [-0.05, 0) is 12.1 Å². The standard InChI is InChI=1S/C10H8N4/c1-2-7-3-4-9-8(6-12-13-9)10(7)14-11-5-1/h1-6,14H,(H,12,13). The summed E-state index contributed by atoms with van der Waals surface area (Å²) in [5, 5.41) is 12.0. The van der Waals surface area contributed by atoms with Gasteiger partial charge < -0.3 is 0 Å². The number of hydrogen-bond acceptors (Lipinski definition) is 3. The van der Waals surface area contributed by atoms with Gasteiger partial charge >= 0.3 is 0 Å². The van der Waals surface area contributed by atoms with Crippen LogP contribution in [0.15, 0.2) is 29.5 Å². The Morgan fingerprint density at radius 1 is 1.21 bits per heavy atom. The predicted molar refractivity (Wildman–Crippen MR) is 57.2 cm³/mol. The van der Waals surface area contributed by atoms with Crippen molar-refractivity contribution in [2.24, 2.45) is 5.10 Å². The molecule has 1 aromatic heterocycles. The number of nitrogens with one attached hydrogen (secondary N) is 2. The lowest BCUT2D eigenvalue weighted by Gasteiger charge is -2.04. The van der Waals surface area contributed by atoms with Gasteiger partial charge in [-0.15, -0.1) is 0 Å². The van der Waals surface area contributed by atoms with Crippen LogP contribution >= 0.6 is 0 Å². The number of aromatic nitrogens is 2. The molecule has 0 bridgehead atoms. The van der Waals surface area contributed by atoms with Crippen LogP contribution in [0.4, 0.5) is 5.69 Å². The molecule has 0 amide bonds. The Morgan fingerprint density at radius 3 is 3.21 bits per heavy atom. The molecule has 2 N–H and O–H groups in total. The van der Waals surface area contributed by atoms with Crippen LogP contribution in [0.25, 0.3) is 17.0 Å². The van der Waals surface area contributed by atoms with Crippen molar-refractivity contribution in [1.29, 1.82) is 0 Å². The molecule has 0 spiro atoms. The molecule has 2 aromatic rings. The fourth-order valence-electron chi connectivity index (χ4n) is 1.59. The number of anilines is 1. The predicted octanol–water partition coefficient (Wildman–Crippen LogP) is 1.99. The summed E-state index contributed by atoms with van der Waals surface area (Å²) in [5.41, 5.74) is 6.14. The van der Waals surface area contributed by atoms with Crippen molar-refractivity contribution in [3.63, 3.8) is 0 Å². The average molecular weight is 184 g/mol. The summed E-state index contributed by atoms with van der Waals surface area (Å²) >= 11 is 0. The number of fused-ring (bicyclic) bond motifs is 3. The first kappa shape index (κ1) is 7.32. The van der Waals surface area contributed by atoms with Gasteiger partial charge in [0.05, 0.1) is 17.4 Å². The molecule has 1 aliphatic heterocycles.